The molecule has 0 aromatic heterocycles. The molecule has 4 rings (SSSR count). The number of anilines is 2. The fourth-order valence-electron chi connectivity index (χ4n) is 2.60. The van der Waals surface area contributed by atoms with Crippen molar-refractivity contribution in [3.63, 3.8) is 0 Å². The van der Waals surface area contributed by atoms with Crippen LogP contribution in [0.3, 0.4) is 0 Å². The van der Waals surface area contributed by atoms with Crippen LogP contribution in [-0.4, -0.2) is 26.4 Å². The number of fused-ring (bicyclic) bond motifs is 1. The molecule has 0 bridgehead atoms. The summed E-state index contributed by atoms with van der Waals surface area (Å²) < 4.78 is 37.5. The molecule has 7 nitrogen and oxygen atoms in total. The van der Waals surface area contributed by atoms with Crippen LogP contribution in [0.4, 0.5) is 11.4 Å². The van der Waals surface area contributed by atoms with Crippen LogP contribution in [0.5, 0.6) is 11.5 Å². The summed E-state index contributed by atoms with van der Waals surface area (Å²) in [5, 5.41) is 2.38. The second kappa shape index (κ2) is 5.96. The molecule has 1 amide bonds. The Labute approximate surface area is 145 Å². The van der Waals surface area contributed by atoms with Crippen LogP contribution in [0.25, 0.3) is 0 Å². The van der Waals surface area contributed by atoms with E-state index in [1.807, 2.05) is 0 Å². The lowest BCUT2D eigenvalue weighted by Gasteiger charge is -2.13. The summed E-state index contributed by atoms with van der Waals surface area (Å²) in [6.07, 6.45) is 1.30. The van der Waals surface area contributed by atoms with Crippen molar-refractivity contribution in [3.8, 4) is 11.5 Å². The van der Waals surface area contributed by atoms with Gasteiger partial charge in [-0.25, -0.2) is 8.42 Å². The van der Waals surface area contributed by atoms with Gasteiger partial charge in [0.15, 0.2) is 11.5 Å². The largest absolute Gasteiger partial charge is 0.454 e. The number of para-hydroxylation sites is 2. The lowest BCUT2D eigenvalue weighted by atomic mass is 10.1. The van der Waals surface area contributed by atoms with Crippen molar-refractivity contribution in [2.24, 2.45) is 0 Å². The van der Waals surface area contributed by atoms with E-state index in [0.29, 0.717) is 30.0 Å². The molecule has 0 spiro atoms. The number of rotatable bonds is 5. The first kappa shape index (κ1) is 15.8. The summed E-state index contributed by atoms with van der Waals surface area (Å²) in [6.45, 7) is 0.0972. The quantitative estimate of drug-likeness (QED) is 0.855. The van der Waals surface area contributed by atoms with E-state index in [1.165, 1.54) is 0 Å². The Morgan fingerprint density at radius 3 is 2.56 bits per heavy atom. The number of benzene rings is 2. The summed E-state index contributed by atoms with van der Waals surface area (Å²) >= 11 is 0. The van der Waals surface area contributed by atoms with Crippen LogP contribution in [0.1, 0.15) is 23.2 Å². The number of nitrogens with one attached hydrogen (secondary N) is 2. The van der Waals surface area contributed by atoms with Crippen molar-refractivity contribution >= 4 is 27.3 Å². The molecule has 25 heavy (non-hydrogen) atoms. The van der Waals surface area contributed by atoms with Crippen molar-refractivity contribution in [3.05, 3.63) is 48.0 Å². The highest BCUT2D eigenvalue weighted by molar-refractivity contribution is 7.93. The predicted octanol–water partition coefficient (Wildman–Crippen LogP) is 2.57. The highest BCUT2D eigenvalue weighted by atomic mass is 32.2. The molecule has 0 atom stereocenters. The highest BCUT2D eigenvalue weighted by Crippen LogP contribution is 2.39. The van der Waals surface area contributed by atoms with E-state index >= 15 is 0 Å². The van der Waals surface area contributed by atoms with E-state index in [1.54, 1.807) is 42.5 Å². The normalized spacial score (nSPS) is 15.7. The van der Waals surface area contributed by atoms with Gasteiger partial charge in [0, 0.05) is 0 Å². The number of carbonyl (C=O) groups excluding carboxylic acids is 1. The second-order valence-electron chi connectivity index (χ2n) is 5.89. The van der Waals surface area contributed by atoms with Crippen molar-refractivity contribution < 1.29 is 22.7 Å². The second-order valence-corrected chi connectivity index (χ2v) is 7.85. The zero-order valence-corrected chi connectivity index (χ0v) is 14.0. The standard InChI is InChI=1S/C17H16N2O5S/c20-17(18-14-6-3-7-15-16(14)24-10-23-15)12-4-1-2-5-13(12)19-25(21,22)11-8-9-11/h1-7,11,19H,8-10H2,(H,18,20). The molecule has 0 saturated heterocycles. The topological polar surface area (TPSA) is 93.7 Å². The molecule has 2 aliphatic rings. The number of carbonyl (C=O) groups is 1. The molecule has 0 radical (unpaired) electrons. The monoisotopic (exact) mass is 360 g/mol. The Balaban J connectivity index is 1.60. The molecule has 1 aliphatic carbocycles. The first-order chi connectivity index (χ1) is 12.0. The van der Waals surface area contributed by atoms with Gasteiger partial charge in [-0.05, 0) is 37.1 Å². The molecule has 130 valence electrons. The zero-order chi connectivity index (χ0) is 17.4. The fraction of sp³-hybridized carbons (Fsp3) is 0.235. The number of sulfonamides is 1. The molecular weight excluding hydrogens is 344 g/mol. The molecule has 2 aromatic rings. The summed E-state index contributed by atoms with van der Waals surface area (Å²) in [4.78, 5) is 12.7. The van der Waals surface area contributed by atoms with Crippen molar-refractivity contribution in [2.75, 3.05) is 16.8 Å². The van der Waals surface area contributed by atoms with Crippen LogP contribution in [-0.2, 0) is 10.0 Å². The van der Waals surface area contributed by atoms with Crippen LogP contribution in [0.15, 0.2) is 42.5 Å². The molecule has 1 aliphatic heterocycles. The van der Waals surface area contributed by atoms with E-state index in [4.69, 9.17) is 9.47 Å². The minimum absolute atomic E-state index is 0.0972. The van der Waals surface area contributed by atoms with E-state index in [9.17, 15) is 13.2 Å². The van der Waals surface area contributed by atoms with Gasteiger partial charge in [-0.15, -0.1) is 0 Å². The summed E-state index contributed by atoms with van der Waals surface area (Å²) in [5.74, 6) is 0.588. The Bertz CT molecular complexity index is 938. The summed E-state index contributed by atoms with van der Waals surface area (Å²) in [7, 11) is -3.45. The molecule has 2 aromatic carbocycles. The number of hydrogen-bond donors (Lipinski definition) is 2. The SMILES string of the molecule is O=C(Nc1cccc2c1OCO2)c1ccccc1NS(=O)(=O)C1CC1. The molecule has 0 unspecified atom stereocenters. The minimum Gasteiger partial charge on any atom is -0.454 e. The number of amides is 1. The average molecular weight is 360 g/mol. The van der Waals surface area contributed by atoms with Gasteiger partial charge < -0.3 is 14.8 Å². The van der Waals surface area contributed by atoms with E-state index in [2.05, 4.69) is 10.0 Å². The maximum atomic E-state index is 12.7. The van der Waals surface area contributed by atoms with Crippen molar-refractivity contribution in [1.29, 1.82) is 0 Å². The zero-order valence-electron chi connectivity index (χ0n) is 13.2. The Hall–Kier alpha value is -2.74. The lowest BCUT2D eigenvalue weighted by Crippen LogP contribution is -2.21. The first-order valence-corrected chi connectivity index (χ1v) is 9.40. The van der Waals surface area contributed by atoms with Gasteiger partial charge >= 0.3 is 0 Å². The average Bonchev–Trinajstić information content (AvgIpc) is 3.34. The molecule has 8 heteroatoms. The third-order valence-electron chi connectivity index (χ3n) is 4.03. The number of hydrogen-bond acceptors (Lipinski definition) is 5. The molecule has 1 heterocycles. The van der Waals surface area contributed by atoms with Gasteiger partial charge in [0.05, 0.1) is 22.2 Å². The van der Waals surface area contributed by atoms with Crippen LogP contribution in [0, 0.1) is 0 Å². The smallest absolute Gasteiger partial charge is 0.257 e. The van der Waals surface area contributed by atoms with Gasteiger partial charge in [0.2, 0.25) is 16.8 Å². The van der Waals surface area contributed by atoms with E-state index in [-0.39, 0.29) is 23.3 Å². The van der Waals surface area contributed by atoms with Crippen LogP contribution in [0.2, 0.25) is 0 Å². The summed E-state index contributed by atoms with van der Waals surface area (Å²) in [5.41, 5.74) is 0.972. The highest BCUT2D eigenvalue weighted by Gasteiger charge is 2.36. The first-order valence-electron chi connectivity index (χ1n) is 7.85. The van der Waals surface area contributed by atoms with Gasteiger partial charge in [-0.3, -0.25) is 9.52 Å². The van der Waals surface area contributed by atoms with Crippen molar-refractivity contribution in [1.82, 2.24) is 0 Å². The molecule has 1 saturated carbocycles. The Morgan fingerprint density at radius 2 is 1.76 bits per heavy atom. The molecule has 2 N–H and O–H groups in total. The lowest BCUT2D eigenvalue weighted by molar-refractivity contribution is 0.102. The Morgan fingerprint density at radius 1 is 1.00 bits per heavy atom. The van der Waals surface area contributed by atoms with Gasteiger partial charge in [0.25, 0.3) is 5.91 Å². The fourth-order valence-corrected chi connectivity index (χ4v) is 4.01. The number of ether oxygens (including phenoxy) is 2. The van der Waals surface area contributed by atoms with Crippen LogP contribution < -0.4 is 19.5 Å². The Kier molecular flexibility index (Phi) is 3.76. The minimum atomic E-state index is -3.45. The molecule has 1 fully saturated rings. The van der Waals surface area contributed by atoms with Crippen molar-refractivity contribution in [2.45, 2.75) is 18.1 Å². The predicted molar refractivity (Wildman–Crippen MR) is 92.5 cm³/mol. The maximum absolute atomic E-state index is 12.7. The summed E-state index contributed by atoms with van der Waals surface area (Å²) in [6, 6.07) is 11.7. The van der Waals surface area contributed by atoms with E-state index < -0.39 is 15.9 Å². The maximum Gasteiger partial charge on any atom is 0.257 e. The van der Waals surface area contributed by atoms with Crippen LogP contribution >= 0.6 is 0 Å². The van der Waals surface area contributed by atoms with Gasteiger partial charge in [0.1, 0.15) is 0 Å². The third-order valence-corrected chi connectivity index (χ3v) is 5.89. The van der Waals surface area contributed by atoms with Gasteiger partial charge in [-0.2, -0.15) is 0 Å². The van der Waals surface area contributed by atoms with E-state index in [0.717, 1.165) is 0 Å². The molecular formula is C17H16N2O5S. The van der Waals surface area contributed by atoms with Gasteiger partial charge in [-0.1, -0.05) is 18.2 Å². The third kappa shape index (κ3) is 3.12.